The van der Waals surface area contributed by atoms with Gasteiger partial charge >= 0.3 is 0 Å². The zero-order valence-electron chi connectivity index (χ0n) is 22.1. The molecule has 0 N–H and O–H groups in total. The van der Waals surface area contributed by atoms with E-state index in [4.69, 9.17) is 14.2 Å². The highest BCUT2D eigenvalue weighted by molar-refractivity contribution is 9.09. The number of hydrogen-bond acceptors (Lipinski definition) is 3. The maximum atomic E-state index is 6.06. The summed E-state index contributed by atoms with van der Waals surface area (Å²) in [4.78, 5) is 0. The van der Waals surface area contributed by atoms with Crippen LogP contribution in [0.1, 0.15) is 45.2 Å². The Hall–Kier alpha value is -2.98. The van der Waals surface area contributed by atoms with Crippen molar-refractivity contribution in [3.8, 4) is 39.5 Å². The van der Waals surface area contributed by atoms with Gasteiger partial charge in [-0.15, -0.1) is 0 Å². The van der Waals surface area contributed by atoms with Crippen molar-refractivity contribution in [2.75, 3.05) is 26.2 Å². The fraction of sp³-hybridized carbons (Fsp3) is 0.312. The molecule has 1 aliphatic rings. The normalized spacial score (nSPS) is 12.9. The minimum atomic E-state index is -0.196. The van der Waals surface area contributed by atoms with E-state index in [0.29, 0.717) is 6.61 Å². The van der Waals surface area contributed by atoms with Gasteiger partial charge in [-0.3, -0.25) is 0 Å². The van der Waals surface area contributed by atoms with Gasteiger partial charge in [-0.1, -0.05) is 67.9 Å². The Balaban J connectivity index is 0.00000148. The molecule has 0 spiro atoms. The number of methoxy groups -OCH3 is 2. The van der Waals surface area contributed by atoms with Gasteiger partial charge in [0.05, 0.1) is 20.8 Å². The van der Waals surface area contributed by atoms with Gasteiger partial charge in [-0.2, -0.15) is 0 Å². The van der Waals surface area contributed by atoms with Gasteiger partial charge in [0.25, 0.3) is 0 Å². The summed E-state index contributed by atoms with van der Waals surface area (Å²) >= 11 is 3.48. The van der Waals surface area contributed by atoms with Crippen LogP contribution < -0.4 is 14.2 Å². The van der Waals surface area contributed by atoms with Crippen LogP contribution in [-0.4, -0.2) is 26.2 Å². The monoisotopic (exact) mass is 546 g/mol. The Labute approximate surface area is 223 Å². The van der Waals surface area contributed by atoms with E-state index in [1.165, 1.54) is 38.6 Å². The largest absolute Gasteiger partial charge is 0.497 e. The number of fused-ring (bicyclic) bond motifs is 4. The molecule has 0 aliphatic heterocycles. The lowest BCUT2D eigenvalue weighted by molar-refractivity contribution is 0.319. The first-order valence-electron chi connectivity index (χ1n) is 12.6. The second kappa shape index (κ2) is 11.0. The molecule has 0 heterocycles. The minimum Gasteiger partial charge on any atom is -0.497 e. The van der Waals surface area contributed by atoms with E-state index < -0.39 is 0 Å². The molecule has 36 heavy (non-hydrogen) atoms. The van der Waals surface area contributed by atoms with Gasteiger partial charge in [0.2, 0.25) is 0 Å². The molecule has 0 saturated carbocycles. The molecule has 0 atom stereocenters. The van der Waals surface area contributed by atoms with Crippen LogP contribution in [0.4, 0.5) is 0 Å². The molecule has 0 amide bonds. The zero-order chi connectivity index (χ0) is 25.9. The number of alkyl halides is 1. The van der Waals surface area contributed by atoms with E-state index in [1.54, 1.807) is 14.2 Å². The van der Waals surface area contributed by atoms with Crippen LogP contribution in [0.15, 0.2) is 66.7 Å². The van der Waals surface area contributed by atoms with Crippen LogP contribution in [0.25, 0.3) is 33.0 Å². The van der Waals surface area contributed by atoms with E-state index in [0.717, 1.165) is 34.6 Å². The third-order valence-corrected chi connectivity index (χ3v) is 7.39. The Kier molecular flexibility index (Phi) is 7.94. The maximum Gasteiger partial charge on any atom is 0.119 e. The molecule has 4 aromatic carbocycles. The molecule has 188 valence electrons. The molecular weight excluding hydrogens is 512 g/mol. The third kappa shape index (κ3) is 4.59. The number of benzene rings is 4. The number of ether oxygens (including phenoxy) is 3. The Morgan fingerprint density at radius 2 is 1.50 bits per heavy atom. The van der Waals surface area contributed by atoms with Crippen LogP contribution >= 0.6 is 15.9 Å². The molecule has 0 saturated heterocycles. The van der Waals surface area contributed by atoms with Crippen molar-refractivity contribution >= 4 is 26.7 Å². The number of hydrogen-bond donors (Lipinski definition) is 0. The molecule has 0 fully saturated rings. The van der Waals surface area contributed by atoms with Crippen molar-refractivity contribution < 1.29 is 14.2 Å². The molecular formula is C32H35BrO3. The SMILES string of the molecule is CC.COc1ccc2c(c1)C(C)(C)c1c-2cc2ccc(OC)cc2c1-c1cccc(OCCCBr)c1. The number of halogens is 1. The van der Waals surface area contributed by atoms with E-state index in [-0.39, 0.29) is 5.41 Å². The molecule has 0 aromatic heterocycles. The fourth-order valence-electron chi connectivity index (χ4n) is 5.19. The lowest BCUT2D eigenvalue weighted by Crippen LogP contribution is -2.16. The van der Waals surface area contributed by atoms with Gasteiger partial charge in [0.15, 0.2) is 0 Å². The quantitative estimate of drug-likeness (QED) is 0.171. The van der Waals surface area contributed by atoms with E-state index >= 15 is 0 Å². The van der Waals surface area contributed by atoms with Crippen molar-refractivity contribution in [1.29, 1.82) is 0 Å². The van der Waals surface area contributed by atoms with Crippen molar-refractivity contribution in [3.05, 3.63) is 77.9 Å². The predicted octanol–water partition coefficient (Wildman–Crippen LogP) is 9.02. The molecule has 0 radical (unpaired) electrons. The molecule has 0 bridgehead atoms. The summed E-state index contributed by atoms with van der Waals surface area (Å²) < 4.78 is 17.3. The van der Waals surface area contributed by atoms with Crippen molar-refractivity contribution in [1.82, 2.24) is 0 Å². The van der Waals surface area contributed by atoms with E-state index in [1.807, 2.05) is 26.0 Å². The molecule has 5 rings (SSSR count). The van der Waals surface area contributed by atoms with Crippen LogP contribution in [0.3, 0.4) is 0 Å². The first-order valence-corrected chi connectivity index (χ1v) is 13.7. The summed E-state index contributed by atoms with van der Waals surface area (Å²) in [6.45, 7) is 9.30. The van der Waals surface area contributed by atoms with Crippen LogP contribution in [0, 0.1) is 0 Å². The van der Waals surface area contributed by atoms with Crippen molar-refractivity contribution in [2.45, 2.75) is 39.5 Å². The summed E-state index contributed by atoms with van der Waals surface area (Å²) in [7, 11) is 3.45. The van der Waals surface area contributed by atoms with Crippen molar-refractivity contribution in [3.63, 3.8) is 0 Å². The van der Waals surface area contributed by atoms with Gasteiger partial charge in [0, 0.05) is 10.7 Å². The van der Waals surface area contributed by atoms with Crippen LogP contribution in [0.2, 0.25) is 0 Å². The molecule has 0 unspecified atom stereocenters. The van der Waals surface area contributed by atoms with Gasteiger partial charge in [-0.05, 0) is 93.0 Å². The number of rotatable bonds is 7. The average Bonchev–Trinajstić information content (AvgIpc) is 3.14. The highest BCUT2D eigenvalue weighted by Gasteiger charge is 2.39. The Morgan fingerprint density at radius 1 is 0.778 bits per heavy atom. The van der Waals surface area contributed by atoms with E-state index in [9.17, 15) is 0 Å². The third-order valence-electron chi connectivity index (χ3n) is 6.83. The summed E-state index contributed by atoms with van der Waals surface area (Å²) in [6, 6.07) is 23.6. The first-order chi connectivity index (χ1) is 17.5. The highest BCUT2D eigenvalue weighted by atomic mass is 79.9. The maximum absolute atomic E-state index is 6.06. The van der Waals surface area contributed by atoms with Gasteiger partial charge in [0.1, 0.15) is 17.2 Å². The summed E-state index contributed by atoms with van der Waals surface area (Å²) in [6.07, 6.45) is 0.968. The Bertz CT molecular complexity index is 1370. The summed E-state index contributed by atoms with van der Waals surface area (Å²) in [5, 5.41) is 3.31. The molecule has 1 aliphatic carbocycles. The molecule has 3 nitrogen and oxygen atoms in total. The predicted molar refractivity (Wildman–Crippen MR) is 155 cm³/mol. The van der Waals surface area contributed by atoms with Gasteiger partial charge in [-0.25, -0.2) is 0 Å². The second-order valence-corrected chi connectivity index (χ2v) is 10.0. The van der Waals surface area contributed by atoms with Gasteiger partial charge < -0.3 is 14.2 Å². The lowest BCUT2D eigenvalue weighted by Gasteiger charge is -2.26. The smallest absolute Gasteiger partial charge is 0.119 e. The average molecular weight is 548 g/mol. The minimum absolute atomic E-state index is 0.196. The van der Waals surface area contributed by atoms with Crippen LogP contribution in [0.5, 0.6) is 17.2 Å². The topological polar surface area (TPSA) is 27.7 Å². The molecule has 4 aromatic rings. The standard InChI is InChI=1S/C30H29BrO3.C2H6/c1-30(2)27-18-22(33-4)11-12-24(27)26-16-19-9-10-21(32-3)17-25(19)28(29(26)30)20-7-5-8-23(15-20)34-14-6-13-31;1-2/h5,7-12,15-18H,6,13-14H2,1-4H3;1-2H3. The Morgan fingerprint density at radius 3 is 2.22 bits per heavy atom. The summed E-state index contributed by atoms with van der Waals surface area (Å²) in [5.74, 6) is 2.63. The van der Waals surface area contributed by atoms with Crippen molar-refractivity contribution in [2.24, 2.45) is 0 Å². The lowest BCUT2D eigenvalue weighted by atomic mass is 9.77. The van der Waals surface area contributed by atoms with E-state index in [2.05, 4.69) is 84.4 Å². The molecule has 4 heteroatoms. The van der Waals surface area contributed by atoms with Crippen LogP contribution in [-0.2, 0) is 5.41 Å². The summed E-state index contributed by atoms with van der Waals surface area (Å²) in [5.41, 5.74) is 7.35. The zero-order valence-corrected chi connectivity index (χ0v) is 23.7. The first kappa shape index (κ1) is 26.1. The highest BCUT2D eigenvalue weighted by Crippen LogP contribution is 2.55. The fourth-order valence-corrected chi connectivity index (χ4v) is 5.42. The second-order valence-electron chi connectivity index (χ2n) is 9.22.